The molecule has 4 amide bonds. The van der Waals surface area contributed by atoms with E-state index in [0.717, 1.165) is 12.0 Å². The second-order valence-electron chi connectivity index (χ2n) is 12.3. The fourth-order valence-corrected chi connectivity index (χ4v) is 6.30. The van der Waals surface area contributed by atoms with Crippen molar-refractivity contribution in [1.82, 2.24) is 15.1 Å². The van der Waals surface area contributed by atoms with Crippen LogP contribution in [0.25, 0.3) is 0 Å². The Hall–Kier alpha value is -4.29. The van der Waals surface area contributed by atoms with Gasteiger partial charge in [-0.3, -0.25) is 14.4 Å². The molecule has 3 aliphatic rings. The minimum atomic E-state index is -0.897. The van der Waals surface area contributed by atoms with Crippen molar-refractivity contribution in [3.05, 3.63) is 45.4 Å². The fourth-order valence-electron chi connectivity index (χ4n) is 6.30. The quantitative estimate of drug-likeness (QED) is 0.439. The average molecular weight is 627 g/mol. The van der Waals surface area contributed by atoms with Crippen molar-refractivity contribution in [3.63, 3.8) is 0 Å². The Morgan fingerprint density at radius 1 is 1.13 bits per heavy atom. The number of nitrogens with one attached hydrogen (secondary N) is 1. The van der Waals surface area contributed by atoms with Crippen LogP contribution in [0.5, 0.6) is 5.75 Å². The first kappa shape index (κ1) is 32.1. The number of nitrogens with zero attached hydrogens (tertiary/aromatic N) is 3. The predicted octanol–water partition coefficient (Wildman–Crippen LogP) is 3.68. The van der Waals surface area contributed by atoms with Gasteiger partial charge < -0.3 is 38.3 Å². The molecule has 0 unspecified atom stereocenters. The van der Waals surface area contributed by atoms with Crippen LogP contribution in [-0.4, -0.2) is 77.5 Å². The summed E-state index contributed by atoms with van der Waals surface area (Å²) in [4.78, 5) is 69.1. The van der Waals surface area contributed by atoms with Crippen LogP contribution >= 0.6 is 0 Å². The molecule has 1 spiro atoms. The number of amides is 4. The number of hydrogen-bond donors (Lipinski definition) is 1. The molecule has 0 radical (unpaired) electrons. The zero-order chi connectivity index (χ0) is 32.5. The summed E-state index contributed by atoms with van der Waals surface area (Å²) in [6.45, 7) is 10.1. The average Bonchev–Trinajstić information content (AvgIpc) is 3.31. The molecule has 1 aromatic heterocycles. The van der Waals surface area contributed by atoms with Crippen LogP contribution in [0.4, 0.5) is 10.5 Å². The summed E-state index contributed by atoms with van der Waals surface area (Å²) < 4.78 is 21.4. The van der Waals surface area contributed by atoms with Crippen LogP contribution in [0.3, 0.4) is 0 Å². The highest BCUT2D eigenvalue weighted by Crippen LogP contribution is 2.47. The van der Waals surface area contributed by atoms with E-state index in [1.807, 2.05) is 26.8 Å². The highest BCUT2D eigenvalue weighted by Gasteiger charge is 2.52. The number of fused-ring (bicyclic) bond motifs is 1. The van der Waals surface area contributed by atoms with Crippen LogP contribution in [0.15, 0.2) is 25.8 Å². The van der Waals surface area contributed by atoms with Gasteiger partial charge in [-0.1, -0.05) is 6.92 Å². The Balaban J connectivity index is 1.36. The van der Waals surface area contributed by atoms with Crippen LogP contribution in [0.2, 0.25) is 0 Å². The van der Waals surface area contributed by atoms with Gasteiger partial charge >= 0.3 is 11.9 Å². The van der Waals surface area contributed by atoms with Gasteiger partial charge in [0, 0.05) is 44.2 Å². The maximum Gasteiger partial charge on any atom is 0.519 e. The van der Waals surface area contributed by atoms with E-state index in [1.54, 1.807) is 34.6 Å². The number of benzene rings is 1. The van der Waals surface area contributed by atoms with Crippen LogP contribution in [-0.2, 0) is 20.9 Å². The molecule has 2 aliphatic heterocycles. The number of ether oxygens (including phenoxy) is 2. The Morgan fingerprint density at radius 3 is 2.51 bits per heavy atom. The molecule has 244 valence electrons. The summed E-state index contributed by atoms with van der Waals surface area (Å²) in [5.41, 5.74) is 0.773. The van der Waals surface area contributed by atoms with Crippen molar-refractivity contribution >= 4 is 29.5 Å². The largest absolute Gasteiger partial charge is 0.519 e. The lowest BCUT2D eigenvalue weighted by atomic mass is 9.77. The van der Waals surface area contributed by atoms with E-state index in [2.05, 4.69) is 5.32 Å². The number of aryl methyl sites for hydroxylation is 2. The number of carbonyl (C=O) groups is 4. The van der Waals surface area contributed by atoms with Gasteiger partial charge in [0.15, 0.2) is 23.7 Å². The fraction of sp³-hybridized carbons (Fsp3) is 0.594. The second-order valence-corrected chi connectivity index (χ2v) is 12.3. The molecule has 2 aromatic rings. The molecule has 13 heteroatoms. The standard InChI is InChI=1S/C32H42N4O9/c1-6-27(37)33-12-14-35-24-16-23(20(4)15-25(24)45-32(29(35)39)10-8-11-32)28(38)36(19(2)3)22-9-7-13-34(17-22)30(40)42-18-26-21(5)43-31(41)44-26/h15-16,19,22H,6-14,17-18H2,1-5H3,(H,33,37)/t22-/m1/s1. The number of piperidine rings is 1. The molecule has 1 N–H and O–H groups in total. The van der Waals surface area contributed by atoms with E-state index in [0.29, 0.717) is 55.6 Å². The molecule has 3 heterocycles. The first-order valence-corrected chi connectivity index (χ1v) is 15.7. The Morgan fingerprint density at radius 2 is 1.89 bits per heavy atom. The molecule has 1 aliphatic carbocycles. The molecule has 1 atom stereocenters. The number of likely N-dealkylation sites (tertiary alicyclic amines) is 1. The van der Waals surface area contributed by atoms with Gasteiger partial charge in [0.25, 0.3) is 11.8 Å². The van der Waals surface area contributed by atoms with Gasteiger partial charge in [0.1, 0.15) is 5.75 Å². The zero-order valence-electron chi connectivity index (χ0n) is 26.6. The number of carbonyl (C=O) groups excluding carboxylic acids is 4. The third kappa shape index (κ3) is 6.43. The van der Waals surface area contributed by atoms with E-state index in [1.165, 1.54) is 0 Å². The first-order valence-electron chi connectivity index (χ1n) is 15.7. The summed E-state index contributed by atoms with van der Waals surface area (Å²) in [5, 5.41) is 2.84. The van der Waals surface area contributed by atoms with E-state index in [-0.39, 0.29) is 67.6 Å². The van der Waals surface area contributed by atoms with Gasteiger partial charge in [0.2, 0.25) is 5.91 Å². The van der Waals surface area contributed by atoms with Crippen LogP contribution in [0.1, 0.15) is 86.7 Å². The summed E-state index contributed by atoms with van der Waals surface area (Å²) in [6, 6.07) is 3.09. The van der Waals surface area contributed by atoms with Gasteiger partial charge in [-0.2, -0.15) is 0 Å². The van der Waals surface area contributed by atoms with E-state index in [4.69, 9.17) is 18.3 Å². The molecule has 13 nitrogen and oxygen atoms in total. The molecule has 0 bridgehead atoms. The van der Waals surface area contributed by atoms with Gasteiger partial charge in [-0.25, -0.2) is 9.59 Å². The normalized spacial score (nSPS) is 18.7. The minimum Gasteiger partial charge on any atom is -0.475 e. The highest BCUT2D eigenvalue weighted by molar-refractivity contribution is 6.05. The number of anilines is 1. The van der Waals surface area contributed by atoms with Gasteiger partial charge in [-0.15, -0.1) is 0 Å². The maximum absolute atomic E-state index is 14.3. The SMILES string of the molecule is CCC(=O)NCCN1C(=O)C2(CCC2)Oc2cc(C)c(C(=O)N(C(C)C)[C@@H]3CCCN(C(=O)OCc4oc(=O)oc4C)C3)cc21. The number of hydrogen-bond acceptors (Lipinski definition) is 9. The van der Waals surface area contributed by atoms with Gasteiger partial charge in [-0.05, 0) is 77.5 Å². The molecule has 1 saturated heterocycles. The third-order valence-electron chi connectivity index (χ3n) is 8.91. The molecular formula is C32H42N4O9. The van der Waals surface area contributed by atoms with Crippen molar-refractivity contribution in [1.29, 1.82) is 0 Å². The zero-order valence-corrected chi connectivity index (χ0v) is 26.6. The summed E-state index contributed by atoms with van der Waals surface area (Å²) in [7, 11) is 0. The summed E-state index contributed by atoms with van der Waals surface area (Å²) >= 11 is 0. The lowest BCUT2D eigenvalue weighted by molar-refractivity contribution is -0.143. The smallest absolute Gasteiger partial charge is 0.475 e. The van der Waals surface area contributed by atoms with Crippen LogP contribution in [0, 0.1) is 13.8 Å². The molecule has 1 aromatic carbocycles. The lowest BCUT2D eigenvalue weighted by Crippen LogP contribution is -2.61. The monoisotopic (exact) mass is 626 g/mol. The van der Waals surface area contributed by atoms with Crippen LogP contribution < -0.4 is 20.8 Å². The Kier molecular flexibility index (Phi) is 9.26. The molecular weight excluding hydrogens is 584 g/mol. The number of rotatable bonds is 9. The highest BCUT2D eigenvalue weighted by atomic mass is 16.6. The van der Waals surface area contributed by atoms with E-state index in [9.17, 15) is 24.0 Å². The molecule has 1 saturated carbocycles. The van der Waals surface area contributed by atoms with E-state index < -0.39 is 17.5 Å². The third-order valence-corrected chi connectivity index (χ3v) is 8.91. The molecule has 2 fully saturated rings. The summed E-state index contributed by atoms with van der Waals surface area (Å²) in [5.74, 6) is -0.369. The Bertz CT molecular complexity index is 1520. The lowest BCUT2D eigenvalue weighted by Gasteiger charge is -2.47. The second kappa shape index (κ2) is 13.0. The summed E-state index contributed by atoms with van der Waals surface area (Å²) in [6.07, 6.45) is 3.28. The Labute approximate surface area is 261 Å². The van der Waals surface area contributed by atoms with E-state index >= 15 is 0 Å². The van der Waals surface area contributed by atoms with Crippen molar-refractivity contribution in [3.8, 4) is 5.75 Å². The van der Waals surface area contributed by atoms with Crippen molar-refractivity contribution in [2.24, 2.45) is 0 Å². The maximum atomic E-state index is 14.3. The van der Waals surface area contributed by atoms with Crippen molar-refractivity contribution in [2.75, 3.05) is 31.1 Å². The topological polar surface area (TPSA) is 152 Å². The van der Waals surface area contributed by atoms with Crippen molar-refractivity contribution in [2.45, 2.75) is 97.4 Å². The first-order chi connectivity index (χ1) is 21.4. The van der Waals surface area contributed by atoms with Crippen molar-refractivity contribution < 1.29 is 37.5 Å². The predicted molar refractivity (Wildman–Crippen MR) is 162 cm³/mol. The minimum absolute atomic E-state index is 0.102. The molecule has 45 heavy (non-hydrogen) atoms. The molecule has 5 rings (SSSR count). The van der Waals surface area contributed by atoms with Gasteiger partial charge in [0.05, 0.1) is 11.7 Å².